The maximum atomic E-state index is 13.2. The highest BCUT2D eigenvalue weighted by Crippen LogP contribution is 2.36. The van der Waals surface area contributed by atoms with Crippen LogP contribution in [0.3, 0.4) is 0 Å². The van der Waals surface area contributed by atoms with E-state index >= 15 is 0 Å². The number of H-pyrrole nitrogens is 1. The van der Waals surface area contributed by atoms with Gasteiger partial charge in [-0.25, -0.2) is 9.18 Å². The van der Waals surface area contributed by atoms with Gasteiger partial charge in [0.1, 0.15) is 5.82 Å². The molecule has 4 nitrogen and oxygen atoms in total. The van der Waals surface area contributed by atoms with Crippen molar-refractivity contribution in [3.8, 4) is 5.75 Å². The fraction of sp³-hybridized carbons (Fsp3) is 0.182. The normalized spacial score (nSPS) is 10.8. The molecule has 1 aromatic carbocycles. The van der Waals surface area contributed by atoms with Crippen molar-refractivity contribution in [2.45, 2.75) is 6.92 Å². The van der Waals surface area contributed by atoms with E-state index in [1.165, 1.54) is 6.07 Å². The first-order valence-electron chi connectivity index (χ1n) is 4.92. The van der Waals surface area contributed by atoms with Gasteiger partial charge in [0.15, 0.2) is 11.4 Å². The van der Waals surface area contributed by atoms with Gasteiger partial charge in [-0.3, -0.25) is 0 Å². The van der Waals surface area contributed by atoms with E-state index in [-0.39, 0.29) is 22.7 Å². The van der Waals surface area contributed by atoms with Crippen molar-refractivity contribution in [2.24, 2.45) is 0 Å². The van der Waals surface area contributed by atoms with Gasteiger partial charge < -0.3 is 14.8 Å². The lowest BCUT2D eigenvalue weighted by molar-refractivity contribution is 0.0517. The summed E-state index contributed by atoms with van der Waals surface area (Å²) in [5.74, 6) is -1.77. The topological polar surface area (TPSA) is 62.3 Å². The minimum Gasteiger partial charge on any atom is -0.505 e. The third-order valence-corrected chi connectivity index (χ3v) is 2.68. The van der Waals surface area contributed by atoms with E-state index < -0.39 is 17.5 Å². The molecule has 0 aliphatic heterocycles. The van der Waals surface area contributed by atoms with E-state index in [4.69, 9.17) is 16.3 Å². The molecular formula is C11H9ClFNO3. The van der Waals surface area contributed by atoms with Crippen molar-refractivity contribution in [1.29, 1.82) is 0 Å². The van der Waals surface area contributed by atoms with Crippen LogP contribution in [-0.2, 0) is 4.74 Å². The first-order chi connectivity index (χ1) is 8.06. The molecule has 0 aliphatic rings. The lowest BCUT2D eigenvalue weighted by atomic mass is 10.2. The second-order valence-electron chi connectivity index (χ2n) is 3.35. The van der Waals surface area contributed by atoms with Crippen LogP contribution in [0.5, 0.6) is 5.75 Å². The van der Waals surface area contributed by atoms with Gasteiger partial charge >= 0.3 is 5.97 Å². The summed E-state index contributed by atoms with van der Waals surface area (Å²) in [7, 11) is 0. The van der Waals surface area contributed by atoms with Crippen LogP contribution in [0.25, 0.3) is 10.9 Å². The van der Waals surface area contributed by atoms with E-state index in [0.717, 1.165) is 6.07 Å². The molecule has 2 N–H and O–H groups in total. The molecule has 0 radical (unpaired) electrons. The molecule has 0 amide bonds. The first kappa shape index (κ1) is 11.7. The van der Waals surface area contributed by atoms with Gasteiger partial charge in [-0.05, 0) is 19.1 Å². The van der Waals surface area contributed by atoms with Gasteiger partial charge in [-0.2, -0.15) is 0 Å². The number of nitrogens with one attached hydrogen (secondary N) is 1. The number of carbonyl (C=O) groups excluding carboxylic acids is 1. The van der Waals surface area contributed by atoms with Crippen LogP contribution in [0.2, 0.25) is 5.02 Å². The summed E-state index contributed by atoms with van der Waals surface area (Å²) in [5, 5.41) is 9.66. The van der Waals surface area contributed by atoms with Crippen LogP contribution < -0.4 is 0 Å². The van der Waals surface area contributed by atoms with Crippen LogP contribution in [-0.4, -0.2) is 22.7 Å². The average molecular weight is 258 g/mol. The fourth-order valence-corrected chi connectivity index (χ4v) is 1.81. The number of aromatic hydroxyl groups is 1. The van der Waals surface area contributed by atoms with E-state index in [9.17, 15) is 14.3 Å². The summed E-state index contributed by atoms with van der Waals surface area (Å²) < 4.78 is 18.0. The molecule has 6 heteroatoms. The Morgan fingerprint density at radius 1 is 1.59 bits per heavy atom. The van der Waals surface area contributed by atoms with Crippen LogP contribution in [0.4, 0.5) is 4.39 Å². The van der Waals surface area contributed by atoms with Gasteiger partial charge in [0.25, 0.3) is 0 Å². The number of esters is 1. The number of hydrogen-bond donors (Lipinski definition) is 2. The Morgan fingerprint density at radius 3 is 2.94 bits per heavy atom. The van der Waals surface area contributed by atoms with Gasteiger partial charge in [-0.1, -0.05) is 11.6 Å². The molecule has 1 aromatic heterocycles. The molecule has 0 unspecified atom stereocenters. The van der Waals surface area contributed by atoms with E-state index in [1.54, 1.807) is 6.92 Å². The van der Waals surface area contributed by atoms with Crippen molar-refractivity contribution in [1.82, 2.24) is 4.98 Å². The standard InChI is InChI=1S/C11H9ClFNO3/c1-2-17-11(16)9-10(15)7-6(14-9)4-3-5(13)8(7)12/h3-4,14-15H,2H2,1H3. The molecule has 0 saturated carbocycles. The smallest absolute Gasteiger partial charge is 0.358 e. The van der Waals surface area contributed by atoms with Crippen LogP contribution in [0.15, 0.2) is 12.1 Å². The molecular weight excluding hydrogens is 249 g/mol. The number of carbonyl (C=O) groups is 1. The highest BCUT2D eigenvalue weighted by molar-refractivity contribution is 6.36. The van der Waals surface area contributed by atoms with E-state index in [2.05, 4.69) is 4.98 Å². The summed E-state index contributed by atoms with van der Waals surface area (Å²) in [4.78, 5) is 14.1. The van der Waals surface area contributed by atoms with Gasteiger partial charge in [0.2, 0.25) is 0 Å². The summed E-state index contributed by atoms with van der Waals surface area (Å²) in [6.07, 6.45) is 0. The van der Waals surface area contributed by atoms with Gasteiger partial charge in [-0.15, -0.1) is 0 Å². The highest BCUT2D eigenvalue weighted by Gasteiger charge is 2.21. The second-order valence-corrected chi connectivity index (χ2v) is 3.73. The number of benzene rings is 1. The first-order valence-corrected chi connectivity index (χ1v) is 5.29. The Balaban J connectivity index is 2.65. The van der Waals surface area contributed by atoms with E-state index in [0.29, 0.717) is 5.52 Å². The van der Waals surface area contributed by atoms with Crippen molar-refractivity contribution in [3.05, 3.63) is 28.7 Å². The lowest BCUT2D eigenvalue weighted by Crippen LogP contribution is -2.04. The Morgan fingerprint density at radius 2 is 2.29 bits per heavy atom. The average Bonchev–Trinajstić information content (AvgIpc) is 2.62. The summed E-state index contributed by atoms with van der Waals surface area (Å²) >= 11 is 5.72. The Kier molecular flexibility index (Phi) is 2.93. The van der Waals surface area contributed by atoms with Crippen molar-refractivity contribution < 1.29 is 19.0 Å². The Labute approximate surface area is 101 Å². The molecule has 90 valence electrons. The van der Waals surface area contributed by atoms with Crippen molar-refractivity contribution in [3.63, 3.8) is 0 Å². The third kappa shape index (κ3) is 1.82. The zero-order chi connectivity index (χ0) is 12.6. The molecule has 2 rings (SSSR count). The zero-order valence-electron chi connectivity index (χ0n) is 8.88. The van der Waals surface area contributed by atoms with Gasteiger partial charge in [0, 0.05) is 0 Å². The fourth-order valence-electron chi connectivity index (χ4n) is 1.56. The number of hydrogen-bond acceptors (Lipinski definition) is 3. The Hall–Kier alpha value is -1.75. The number of aromatic nitrogens is 1. The molecule has 0 spiro atoms. The van der Waals surface area contributed by atoms with Crippen LogP contribution in [0.1, 0.15) is 17.4 Å². The number of ether oxygens (including phenoxy) is 1. The highest BCUT2D eigenvalue weighted by atomic mass is 35.5. The quantitative estimate of drug-likeness (QED) is 0.813. The SMILES string of the molecule is CCOC(=O)c1[nH]c2ccc(F)c(Cl)c2c1O. The molecule has 0 fully saturated rings. The van der Waals surface area contributed by atoms with Crippen molar-refractivity contribution in [2.75, 3.05) is 6.61 Å². The number of halogens is 2. The molecule has 0 aliphatic carbocycles. The zero-order valence-corrected chi connectivity index (χ0v) is 9.64. The number of aromatic amines is 1. The number of rotatable bonds is 2. The molecule has 17 heavy (non-hydrogen) atoms. The number of fused-ring (bicyclic) bond motifs is 1. The summed E-state index contributed by atoms with van der Waals surface area (Å²) in [6.45, 7) is 1.82. The molecule has 0 bridgehead atoms. The predicted molar refractivity (Wildman–Crippen MR) is 60.9 cm³/mol. The largest absolute Gasteiger partial charge is 0.505 e. The maximum absolute atomic E-state index is 13.2. The van der Waals surface area contributed by atoms with Gasteiger partial charge in [0.05, 0.1) is 22.5 Å². The lowest BCUT2D eigenvalue weighted by Gasteiger charge is -1.99. The maximum Gasteiger partial charge on any atom is 0.358 e. The predicted octanol–water partition coefficient (Wildman–Crippen LogP) is 2.84. The van der Waals surface area contributed by atoms with Crippen LogP contribution >= 0.6 is 11.6 Å². The van der Waals surface area contributed by atoms with Crippen molar-refractivity contribution >= 4 is 28.5 Å². The Bertz CT molecular complexity index is 594. The monoisotopic (exact) mass is 257 g/mol. The van der Waals surface area contributed by atoms with E-state index in [1.807, 2.05) is 0 Å². The molecule has 2 aromatic rings. The second kappa shape index (κ2) is 4.25. The summed E-state index contributed by atoms with van der Waals surface area (Å²) in [5.41, 5.74) is 0.242. The minimum atomic E-state index is -0.710. The molecule has 1 heterocycles. The molecule has 0 saturated heterocycles. The molecule has 0 atom stereocenters. The minimum absolute atomic E-state index is 0.0784. The van der Waals surface area contributed by atoms with Crippen LogP contribution in [0, 0.1) is 5.82 Å². The summed E-state index contributed by atoms with van der Waals surface area (Å²) in [6, 6.07) is 2.54. The third-order valence-electron chi connectivity index (χ3n) is 2.31.